The van der Waals surface area contributed by atoms with Crippen molar-refractivity contribution in [3.8, 4) is 0 Å². The minimum Gasteiger partial charge on any atom is -0.444 e. The van der Waals surface area contributed by atoms with E-state index in [1.807, 2.05) is 20.8 Å². The maximum absolute atomic E-state index is 12.5. The molecule has 0 aromatic carbocycles. The maximum Gasteiger partial charge on any atom is 0.410 e. The van der Waals surface area contributed by atoms with Gasteiger partial charge >= 0.3 is 6.09 Å². The van der Waals surface area contributed by atoms with Gasteiger partial charge in [0.15, 0.2) is 6.29 Å². The fraction of sp³-hybridized carbons (Fsp3) is 0.762. The average molecular weight is 368 g/mol. The Morgan fingerprint density at radius 1 is 1.31 bits per heavy atom. The van der Waals surface area contributed by atoms with E-state index in [1.165, 1.54) is 0 Å². The van der Waals surface area contributed by atoms with E-state index in [0.29, 0.717) is 25.6 Å². The van der Waals surface area contributed by atoms with Crippen LogP contribution in [0.2, 0.25) is 0 Å². The zero-order valence-electron chi connectivity index (χ0n) is 17.2. The van der Waals surface area contributed by atoms with Crippen LogP contribution in [0.5, 0.6) is 0 Å². The van der Waals surface area contributed by atoms with Crippen LogP contribution in [0.3, 0.4) is 0 Å². The molecule has 2 atom stereocenters. The zero-order chi connectivity index (χ0) is 19.6. The molecule has 1 amide bonds. The number of ether oxygens (including phenoxy) is 3. The second kappa shape index (κ2) is 11.4. The lowest BCUT2D eigenvalue weighted by Crippen LogP contribution is -2.40. The van der Waals surface area contributed by atoms with Crippen LogP contribution >= 0.6 is 0 Å². The van der Waals surface area contributed by atoms with Gasteiger partial charge in [0, 0.05) is 25.6 Å². The fourth-order valence-corrected chi connectivity index (χ4v) is 2.61. The van der Waals surface area contributed by atoms with Crippen molar-refractivity contribution in [1.29, 1.82) is 0 Å². The van der Waals surface area contributed by atoms with Gasteiger partial charge in [-0.05, 0) is 46.0 Å². The third kappa shape index (κ3) is 9.97. The summed E-state index contributed by atoms with van der Waals surface area (Å²) in [6, 6.07) is 0. The van der Waals surface area contributed by atoms with Gasteiger partial charge in [-0.2, -0.15) is 0 Å². The standard InChI is InChI=1S/C21H37NO4/c1-7-13-22(20(23)26-21(4,5)6)15-18(12-11-17(2)3)16-25-19-10-8-9-14-24-19/h7,11-12,17-19H,1,8-10,13-16H2,2-6H3/b12-11+/t18-,19?/m1/s1. The minimum absolute atomic E-state index is 0.0791. The van der Waals surface area contributed by atoms with Crippen LogP contribution in [0, 0.1) is 11.8 Å². The largest absolute Gasteiger partial charge is 0.444 e. The van der Waals surface area contributed by atoms with Crippen LogP contribution in [-0.2, 0) is 14.2 Å². The molecule has 0 aromatic heterocycles. The molecule has 1 aliphatic rings. The summed E-state index contributed by atoms with van der Waals surface area (Å²) >= 11 is 0. The van der Waals surface area contributed by atoms with Crippen LogP contribution in [0.4, 0.5) is 4.79 Å². The molecule has 150 valence electrons. The number of carbonyl (C=O) groups is 1. The summed E-state index contributed by atoms with van der Waals surface area (Å²) in [4.78, 5) is 14.2. The first-order chi connectivity index (χ1) is 12.2. The summed E-state index contributed by atoms with van der Waals surface area (Å²) < 4.78 is 17.1. The Bertz CT molecular complexity index is 447. The Balaban J connectivity index is 2.71. The molecule has 1 fully saturated rings. The molecule has 1 rings (SSSR count). The number of carbonyl (C=O) groups excluding carboxylic acids is 1. The molecular weight excluding hydrogens is 330 g/mol. The molecule has 1 aliphatic heterocycles. The summed E-state index contributed by atoms with van der Waals surface area (Å²) in [5.74, 6) is 0.521. The van der Waals surface area contributed by atoms with E-state index >= 15 is 0 Å². The van der Waals surface area contributed by atoms with E-state index in [0.717, 1.165) is 25.9 Å². The van der Waals surface area contributed by atoms with Gasteiger partial charge in [0.25, 0.3) is 0 Å². The van der Waals surface area contributed by atoms with E-state index in [1.54, 1.807) is 11.0 Å². The second-order valence-electron chi connectivity index (χ2n) is 8.19. The summed E-state index contributed by atoms with van der Waals surface area (Å²) in [7, 11) is 0. The molecular formula is C21H37NO4. The Morgan fingerprint density at radius 3 is 2.58 bits per heavy atom. The molecule has 0 N–H and O–H groups in total. The number of rotatable bonds is 9. The summed E-state index contributed by atoms with van der Waals surface area (Å²) in [5, 5.41) is 0. The number of hydrogen-bond acceptors (Lipinski definition) is 4. The lowest BCUT2D eigenvalue weighted by molar-refractivity contribution is -0.167. The van der Waals surface area contributed by atoms with Gasteiger partial charge in [-0.1, -0.05) is 32.1 Å². The smallest absolute Gasteiger partial charge is 0.410 e. The number of hydrogen-bond donors (Lipinski definition) is 0. The van der Waals surface area contributed by atoms with Crippen molar-refractivity contribution in [2.45, 2.75) is 65.8 Å². The lowest BCUT2D eigenvalue weighted by Gasteiger charge is -2.30. The first-order valence-electron chi connectivity index (χ1n) is 9.71. The lowest BCUT2D eigenvalue weighted by atomic mass is 10.1. The number of allylic oxidation sites excluding steroid dienone is 1. The van der Waals surface area contributed by atoms with Gasteiger partial charge in [-0.25, -0.2) is 4.79 Å². The van der Waals surface area contributed by atoms with E-state index in [2.05, 4.69) is 32.6 Å². The Kier molecular flexibility index (Phi) is 9.96. The molecule has 0 radical (unpaired) electrons. The van der Waals surface area contributed by atoms with E-state index < -0.39 is 5.60 Å². The highest BCUT2D eigenvalue weighted by Crippen LogP contribution is 2.17. The van der Waals surface area contributed by atoms with E-state index in [-0.39, 0.29) is 18.3 Å². The minimum atomic E-state index is -0.522. The zero-order valence-corrected chi connectivity index (χ0v) is 17.2. The molecule has 1 saturated heterocycles. The molecule has 1 heterocycles. The molecule has 5 nitrogen and oxygen atoms in total. The Labute approximate surface area is 159 Å². The van der Waals surface area contributed by atoms with Crippen molar-refractivity contribution in [3.63, 3.8) is 0 Å². The highest BCUT2D eigenvalue weighted by atomic mass is 16.7. The van der Waals surface area contributed by atoms with Crippen molar-refractivity contribution in [2.24, 2.45) is 11.8 Å². The predicted molar refractivity (Wildman–Crippen MR) is 105 cm³/mol. The topological polar surface area (TPSA) is 48.0 Å². The van der Waals surface area contributed by atoms with Crippen LogP contribution in [0.25, 0.3) is 0 Å². The first-order valence-corrected chi connectivity index (χ1v) is 9.71. The SMILES string of the molecule is C=CCN(C[C@@H](/C=C/C(C)C)COC1CCCCO1)C(=O)OC(C)(C)C. The third-order valence-corrected chi connectivity index (χ3v) is 3.86. The van der Waals surface area contributed by atoms with Gasteiger partial charge < -0.3 is 19.1 Å². The Hall–Kier alpha value is -1.33. The maximum atomic E-state index is 12.5. The normalized spacial score (nSPS) is 19.5. The average Bonchev–Trinajstić information content (AvgIpc) is 2.55. The molecule has 0 spiro atoms. The second-order valence-corrected chi connectivity index (χ2v) is 8.19. The molecule has 26 heavy (non-hydrogen) atoms. The molecule has 0 aliphatic carbocycles. The van der Waals surface area contributed by atoms with E-state index in [9.17, 15) is 4.79 Å². The monoisotopic (exact) mass is 367 g/mol. The predicted octanol–water partition coefficient (Wildman–Crippen LogP) is 4.78. The van der Waals surface area contributed by atoms with Gasteiger partial charge in [-0.15, -0.1) is 6.58 Å². The molecule has 1 unspecified atom stereocenters. The van der Waals surface area contributed by atoms with Crippen molar-refractivity contribution in [3.05, 3.63) is 24.8 Å². The van der Waals surface area contributed by atoms with Crippen molar-refractivity contribution >= 4 is 6.09 Å². The fourth-order valence-electron chi connectivity index (χ4n) is 2.61. The van der Waals surface area contributed by atoms with Crippen molar-refractivity contribution in [1.82, 2.24) is 4.90 Å². The quantitative estimate of drug-likeness (QED) is 0.550. The molecule has 0 saturated carbocycles. The van der Waals surface area contributed by atoms with Crippen LogP contribution < -0.4 is 0 Å². The van der Waals surface area contributed by atoms with Crippen molar-refractivity contribution in [2.75, 3.05) is 26.3 Å². The number of nitrogens with zero attached hydrogens (tertiary/aromatic N) is 1. The summed E-state index contributed by atoms with van der Waals surface area (Å²) in [6.45, 7) is 15.9. The van der Waals surface area contributed by atoms with Gasteiger partial charge in [0.1, 0.15) is 5.60 Å². The molecule has 5 heteroatoms. The summed E-state index contributed by atoms with van der Waals surface area (Å²) in [6.07, 6.45) is 8.72. The van der Waals surface area contributed by atoms with Gasteiger partial charge in [0.05, 0.1) is 6.61 Å². The summed E-state index contributed by atoms with van der Waals surface area (Å²) in [5.41, 5.74) is -0.522. The number of amides is 1. The van der Waals surface area contributed by atoms with Crippen LogP contribution in [-0.4, -0.2) is 49.2 Å². The van der Waals surface area contributed by atoms with Crippen LogP contribution in [0.1, 0.15) is 53.9 Å². The molecule has 0 aromatic rings. The van der Waals surface area contributed by atoms with Gasteiger partial charge in [-0.3, -0.25) is 0 Å². The van der Waals surface area contributed by atoms with Gasteiger partial charge in [0.2, 0.25) is 0 Å². The van der Waals surface area contributed by atoms with E-state index in [4.69, 9.17) is 14.2 Å². The highest BCUT2D eigenvalue weighted by molar-refractivity contribution is 5.68. The highest BCUT2D eigenvalue weighted by Gasteiger charge is 2.24. The molecule has 0 bridgehead atoms. The third-order valence-electron chi connectivity index (χ3n) is 3.86. The Morgan fingerprint density at radius 2 is 2.04 bits per heavy atom. The first kappa shape index (κ1) is 22.7. The van der Waals surface area contributed by atoms with Crippen LogP contribution in [0.15, 0.2) is 24.8 Å². The van der Waals surface area contributed by atoms with Crippen molar-refractivity contribution < 1.29 is 19.0 Å².